The topological polar surface area (TPSA) is 44.9 Å². The third-order valence-corrected chi connectivity index (χ3v) is 5.79. The van der Waals surface area contributed by atoms with Gasteiger partial charge in [-0.2, -0.15) is 0 Å². The number of likely N-dealkylation sites (tertiary alicyclic amines) is 1. The maximum Gasteiger partial charge on any atom is 0.194 e. The van der Waals surface area contributed by atoms with Crippen LogP contribution in [0.4, 0.5) is 0 Å². The summed E-state index contributed by atoms with van der Waals surface area (Å²) in [5, 5.41) is 5.51. The van der Waals surface area contributed by atoms with Crippen molar-refractivity contribution in [3.63, 3.8) is 0 Å². The summed E-state index contributed by atoms with van der Waals surface area (Å²) in [6.07, 6.45) is 9.67. The van der Waals surface area contributed by atoms with Gasteiger partial charge in [0.05, 0.1) is 12.2 Å². The van der Waals surface area contributed by atoms with Gasteiger partial charge in [0.25, 0.3) is 0 Å². The molecule has 1 spiro atoms. The lowest BCUT2D eigenvalue weighted by atomic mass is 9.68. The molecule has 0 unspecified atom stereocenters. The fourth-order valence-corrected chi connectivity index (χ4v) is 4.35. The molecule has 0 aromatic carbocycles. The zero-order chi connectivity index (χ0) is 15.0. The van der Waals surface area contributed by atoms with Crippen LogP contribution in [0, 0.1) is 5.41 Å². The van der Waals surface area contributed by atoms with E-state index in [0.29, 0.717) is 12.0 Å². The smallest absolute Gasteiger partial charge is 0.194 e. The van der Waals surface area contributed by atoms with Gasteiger partial charge < -0.3 is 10.2 Å². The third-order valence-electron chi connectivity index (χ3n) is 5.02. The minimum Gasteiger partial charge on any atom is -0.357 e. The van der Waals surface area contributed by atoms with Gasteiger partial charge in [0, 0.05) is 37.4 Å². The Balaban J connectivity index is 1.47. The highest BCUT2D eigenvalue weighted by molar-refractivity contribution is 7.15. The number of imidazole rings is 1. The van der Waals surface area contributed by atoms with Crippen LogP contribution >= 0.6 is 11.3 Å². The second-order valence-electron chi connectivity index (χ2n) is 6.52. The van der Waals surface area contributed by atoms with E-state index < -0.39 is 0 Å². The lowest BCUT2D eigenvalue weighted by Crippen LogP contribution is -2.42. The Labute approximate surface area is 135 Å². The molecule has 0 amide bonds. The number of aromatic nitrogens is 2. The molecule has 1 saturated heterocycles. The monoisotopic (exact) mass is 317 g/mol. The Morgan fingerprint density at radius 1 is 1.45 bits per heavy atom. The molecule has 1 aliphatic heterocycles. The van der Waals surface area contributed by atoms with Gasteiger partial charge in [-0.05, 0) is 31.6 Å². The highest BCUT2D eigenvalue weighted by atomic mass is 32.1. The molecule has 0 radical (unpaired) electrons. The van der Waals surface area contributed by atoms with E-state index in [4.69, 9.17) is 4.99 Å². The average Bonchev–Trinajstić information content (AvgIpc) is 3.15. The Kier molecular flexibility index (Phi) is 3.56. The molecule has 3 heterocycles. The van der Waals surface area contributed by atoms with E-state index in [9.17, 15) is 0 Å². The number of guanidine groups is 1. The number of rotatable bonds is 3. The van der Waals surface area contributed by atoms with Crippen molar-refractivity contribution < 1.29 is 0 Å². The quantitative estimate of drug-likeness (QED) is 0.699. The number of hydrogen-bond donors (Lipinski definition) is 1. The van der Waals surface area contributed by atoms with Crippen LogP contribution < -0.4 is 5.32 Å². The molecule has 1 aliphatic carbocycles. The summed E-state index contributed by atoms with van der Waals surface area (Å²) in [5.74, 6) is 1.06. The Morgan fingerprint density at radius 3 is 3.05 bits per heavy atom. The predicted octanol–water partition coefficient (Wildman–Crippen LogP) is 2.74. The maximum atomic E-state index is 4.82. The second kappa shape index (κ2) is 5.57. The van der Waals surface area contributed by atoms with E-state index in [2.05, 4.69) is 38.1 Å². The number of fused-ring (bicyclic) bond motifs is 1. The molecule has 2 aliphatic rings. The molecule has 0 atom stereocenters. The van der Waals surface area contributed by atoms with Gasteiger partial charge in [-0.25, -0.2) is 9.98 Å². The van der Waals surface area contributed by atoms with Crippen LogP contribution in [0.15, 0.2) is 22.8 Å². The zero-order valence-electron chi connectivity index (χ0n) is 13.1. The summed E-state index contributed by atoms with van der Waals surface area (Å²) in [5.41, 5.74) is 1.65. The van der Waals surface area contributed by atoms with Gasteiger partial charge in [-0.1, -0.05) is 6.42 Å². The third kappa shape index (κ3) is 2.49. The van der Waals surface area contributed by atoms with Crippen LogP contribution in [0.5, 0.6) is 0 Å². The molecule has 0 bridgehead atoms. The molecule has 1 N–H and O–H groups in total. The fraction of sp³-hybridized carbons (Fsp3) is 0.625. The Bertz CT molecular complexity index is 653. The van der Waals surface area contributed by atoms with Crippen LogP contribution in [-0.4, -0.2) is 39.9 Å². The van der Waals surface area contributed by atoms with Gasteiger partial charge in [-0.3, -0.25) is 4.40 Å². The van der Waals surface area contributed by atoms with Crippen LogP contribution in [0.25, 0.3) is 4.96 Å². The molecule has 2 aromatic heterocycles. The molecule has 4 rings (SSSR count). The second-order valence-corrected chi connectivity index (χ2v) is 7.39. The van der Waals surface area contributed by atoms with Crippen molar-refractivity contribution in [1.82, 2.24) is 19.6 Å². The standard InChI is InChI=1S/C16H23N5S/c1-2-17-14(21-7-6-16(12-21)4-3-5-16)18-10-13-11-20-8-9-22-15(20)19-13/h8-9,11H,2-7,10,12H2,1H3,(H,17,18). The van der Waals surface area contributed by atoms with Gasteiger partial charge in [0.1, 0.15) is 0 Å². The van der Waals surface area contributed by atoms with Crippen molar-refractivity contribution >= 4 is 22.3 Å². The average molecular weight is 317 g/mol. The minimum atomic E-state index is 0.604. The number of nitrogens with zero attached hydrogens (tertiary/aromatic N) is 4. The molecular weight excluding hydrogens is 294 g/mol. The number of hydrogen-bond acceptors (Lipinski definition) is 3. The predicted molar refractivity (Wildman–Crippen MR) is 90.4 cm³/mol. The Morgan fingerprint density at radius 2 is 2.36 bits per heavy atom. The number of thiazole rings is 1. The number of aliphatic imine (C=N–C) groups is 1. The lowest BCUT2D eigenvalue weighted by Gasteiger charge is -2.38. The van der Waals surface area contributed by atoms with Crippen molar-refractivity contribution in [1.29, 1.82) is 0 Å². The van der Waals surface area contributed by atoms with E-state index >= 15 is 0 Å². The van der Waals surface area contributed by atoms with E-state index in [1.165, 1.54) is 32.2 Å². The van der Waals surface area contributed by atoms with E-state index in [1.807, 2.05) is 6.20 Å². The van der Waals surface area contributed by atoms with Gasteiger partial charge in [0.15, 0.2) is 10.9 Å². The van der Waals surface area contributed by atoms with Crippen molar-refractivity contribution in [3.8, 4) is 0 Å². The minimum absolute atomic E-state index is 0.604. The summed E-state index contributed by atoms with van der Waals surface area (Å²) in [7, 11) is 0. The first kappa shape index (κ1) is 14.1. The molecule has 5 nitrogen and oxygen atoms in total. The zero-order valence-corrected chi connectivity index (χ0v) is 13.9. The molecule has 1 saturated carbocycles. The van der Waals surface area contributed by atoms with Crippen LogP contribution in [0.1, 0.15) is 38.3 Å². The van der Waals surface area contributed by atoms with E-state index in [1.54, 1.807) is 11.3 Å². The van der Waals surface area contributed by atoms with Crippen molar-refractivity contribution in [2.75, 3.05) is 19.6 Å². The molecule has 2 fully saturated rings. The Hall–Kier alpha value is -1.56. The van der Waals surface area contributed by atoms with Crippen molar-refractivity contribution in [2.24, 2.45) is 10.4 Å². The summed E-state index contributed by atoms with van der Waals surface area (Å²) in [6.45, 7) is 6.03. The molecular formula is C16H23N5S. The highest BCUT2D eigenvalue weighted by Gasteiger charge is 2.43. The van der Waals surface area contributed by atoms with Crippen molar-refractivity contribution in [2.45, 2.75) is 39.2 Å². The van der Waals surface area contributed by atoms with Gasteiger partial charge in [-0.15, -0.1) is 11.3 Å². The fourth-order valence-electron chi connectivity index (χ4n) is 3.63. The highest BCUT2D eigenvalue weighted by Crippen LogP contribution is 2.47. The summed E-state index contributed by atoms with van der Waals surface area (Å²) >= 11 is 1.67. The summed E-state index contributed by atoms with van der Waals surface area (Å²) in [6, 6.07) is 0. The van der Waals surface area contributed by atoms with Crippen molar-refractivity contribution in [3.05, 3.63) is 23.5 Å². The molecule has 2 aromatic rings. The molecule has 6 heteroatoms. The maximum absolute atomic E-state index is 4.82. The normalized spacial score (nSPS) is 20.8. The first-order valence-electron chi connectivity index (χ1n) is 8.22. The van der Waals surface area contributed by atoms with Gasteiger partial charge in [0.2, 0.25) is 0 Å². The first-order valence-corrected chi connectivity index (χ1v) is 9.10. The summed E-state index contributed by atoms with van der Waals surface area (Å²) in [4.78, 5) is 12.9. The van der Waals surface area contributed by atoms with Crippen LogP contribution in [0.3, 0.4) is 0 Å². The largest absolute Gasteiger partial charge is 0.357 e. The van der Waals surface area contributed by atoms with E-state index in [-0.39, 0.29) is 0 Å². The van der Waals surface area contributed by atoms with Crippen LogP contribution in [0.2, 0.25) is 0 Å². The van der Waals surface area contributed by atoms with Gasteiger partial charge >= 0.3 is 0 Å². The number of nitrogens with one attached hydrogen (secondary N) is 1. The summed E-state index contributed by atoms with van der Waals surface area (Å²) < 4.78 is 2.07. The molecule has 118 valence electrons. The first-order chi connectivity index (χ1) is 10.8. The van der Waals surface area contributed by atoms with E-state index in [0.717, 1.165) is 29.7 Å². The lowest BCUT2D eigenvalue weighted by molar-refractivity contribution is 0.151. The van der Waals surface area contributed by atoms with Crippen LogP contribution in [-0.2, 0) is 6.54 Å². The molecule has 22 heavy (non-hydrogen) atoms. The SMILES string of the molecule is CCNC(=NCc1cn2ccsc2n1)N1CCC2(CCC2)C1.